The summed E-state index contributed by atoms with van der Waals surface area (Å²) in [6, 6.07) is 7.73. The summed E-state index contributed by atoms with van der Waals surface area (Å²) in [5.74, 6) is 0. The van der Waals surface area contributed by atoms with Gasteiger partial charge in [-0.15, -0.1) is 0 Å². The lowest BCUT2D eigenvalue weighted by atomic mass is 10.1. The number of nitrogens with one attached hydrogen (secondary N) is 1. The van der Waals surface area contributed by atoms with Gasteiger partial charge in [-0.3, -0.25) is 0 Å². The average molecular weight is 303 g/mol. The van der Waals surface area contributed by atoms with Crippen LogP contribution in [-0.2, 0) is 6.54 Å². The van der Waals surface area contributed by atoms with Gasteiger partial charge in [0.25, 0.3) is 0 Å². The summed E-state index contributed by atoms with van der Waals surface area (Å²) in [5, 5.41) is 13.7. The number of urea groups is 1. The summed E-state index contributed by atoms with van der Waals surface area (Å²) in [4.78, 5) is 13.6. The number of aromatic nitrogens is 1. The van der Waals surface area contributed by atoms with Crippen LogP contribution in [0.2, 0.25) is 0 Å². The van der Waals surface area contributed by atoms with Gasteiger partial charge in [0.1, 0.15) is 0 Å². The molecule has 1 heterocycles. The van der Waals surface area contributed by atoms with Crippen LogP contribution in [0.4, 0.5) is 10.5 Å². The highest BCUT2D eigenvalue weighted by molar-refractivity contribution is 5.92. The van der Waals surface area contributed by atoms with E-state index in [0.717, 1.165) is 24.0 Å². The summed E-state index contributed by atoms with van der Waals surface area (Å²) in [5.41, 5.74) is 1.02. The van der Waals surface area contributed by atoms with Crippen LogP contribution in [0, 0.1) is 0 Å². The molecule has 0 aliphatic rings. The first kappa shape index (κ1) is 16.4. The fraction of sp³-hybridized carbons (Fsp3) is 0.471. The maximum absolute atomic E-state index is 12.1. The predicted octanol–water partition coefficient (Wildman–Crippen LogP) is 3.29. The molecule has 0 radical (unpaired) electrons. The number of hydrogen-bond donors (Lipinski definition) is 2. The van der Waals surface area contributed by atoms with Gasteiger partial charge in [-0.05, 0) is 44.5 Å². The topological polar surface area (TPSA) is 57.5 Å². The Balaban J connectivity index is 2.10. The molecule has 0 atom stereocenters. The molecule has 0 aliphatic carbocycles. The number of carbonyl (C=O) groups excluding carboxylic acids is 1. The van der Waals surface area contributed by atoms with Crippen molar-refractivity contribution in [3.8, 4) is 0 Å². The third kappa shape index (κ3) is 4.01. The first-order chi connectivity index (χ1) is 10.3. The van der Waals surface area contributed by atoms with Crippen LogP contribution < -0.4 is 5.32 Å². The van der Waals surface area contributed by atoms with E-state index >= 15 is 0 Å². The van der Waals surface area contributed by atoms with Crippen molar-refractivity contribution in [1.29, 1.82) is 0 Å². The van der Waals surface area contributed by atoms with Crippen molar-refractivity contribution in [3.63, 3.8) is 0 Å². The van der Waals surface area contributed by atoms with E-state index in [0.29, 0.717) is 0 Å². The second-order valence-corrected chi connectivity index (χ2v) is 6.38. The van der Waals surface area contributed by atoms with Gasteiger partial charge in [0, 0.05) is 36.4 Å². The second-order valence-electron chi connectivity index (χ2n) is 6.38. The highest BCUT2D eigenvalue weighted by Gasteiger charge is 2.19. The molecule has 0 aliphatic heterocycles. The molecule has 5 nitrogen and oxygen atoms in total. The van der Waals surface area contributed by atoms with Crippen LogP contribution in [-0.4, -0.2) is 39.8 Å². The Bertz CT molecular complexity index is 655. The average Bonchev–Trinajstić information content (AvgIpc) is 2.80. The second kappa shape index (κ2) is 6.40. The Morgan fingerprint density at radius 3 is 2.73 bits per heavy atom. The Morgan fingerprint density at radius 2 is 2.09 bits per heavy atom. The molecule has 0 saturated carbocycles. The van der Waals surface area contributed by atoms with Crippen molar-refractivity contribution < 1.29 is 9.90 Å². The van der Waals surface area contributed by atoms with E-state index in [2.05, 4.69) is 29.1 Å². The molecule has 120 valence electrons. The lowest BCUT2D eigenvalue weighted by molar-refractivity contribution is 0.0550. The molecule has 2 aromatic rings. The van der Waals surface area contributed by atoms with E-state index < -0.39 is 5.60 Å². The molecule has 0 unspecified atom stereocenters. The summed E-state index contributed by atoms with van der Waals surface area (Å²) in [6.07, 6.45) is 3.16. The van der Waals surface area contributed by atoms with E-state index in [-0.39, 0.29) is 12.6 Å². The predicted molar refractivity (Wildman–Crippen MR) is 90.2 cm³/mol. The molecule has 0 spiro atoms. The lowest BCUT2D eigenvalue weighted by Gasteiger charge is -2.25. The van der Waals surface area contributed by atoms with Crippen molar-refractivity contribution in [1.82, 2.24) is 9.47 Å². The normalized spacial score (nSPS) is 11.7. The Morgan fingerprint density at radius 1 is 1.36 bits per heavy atom. The zero-order valence-corrected chi connectivity index (χ0v) is 13.8. The summed E-state index contributed by atoms with van der Waals surface area (Å²) >= 11 is 0. The van der Waals surface area contributed by atoms with Crippen molar-refractivity contribution in [3.05, 3.63) is 30.5 Å². The molecule has 0 saturated heterocycles. The van der Waals surface area contributed by atoms with Crippen molar-refractivity contribution in [2.45, 2.75) is 39.3 Å². The van der Waals surface area contributed by atoms with Crippen LogP contribution in [0.15, 0.2) is 30.5 Å². The summed E-state index contributed by atoms with van der Waals surface area (Å²) in [7, 11) is 1.67. The Kier molecular flexibility index (Phi) is 4.76. The molecular formula is C17H25N3O2. The molecule has 0 fully saturated rings. The highest BCUT2D eigenvalue weighted by Crippen LogP contribution is 2.21. The highest BCUT2D eigenvalue weighted by atomic mass is 16.3. The molecule has 2 amide bonds. The van der Waals surface area contributed by atoms with Crippen LogP contribution in [0.1, 0.15) is 27.2 Å². The summed E-state index contributed by atoms with van der Waals surface area (Å²) < 4.78 is 2.21. The maximum Gasteiger partial charge on any atom is 0.321 e. The SMILES string of the molecule is CCCn1ccc2cc(NC(=O)N(C)CC(C)(C)O)ccc21. The lowest BCUT2D eigenvalue weighted by Crippen LogP contribution is -2.41. The molecule has 2 N–H and O–H groups in total. The van der Waals surface area contributed by atoms with Gasteiger partial charge < -0.3 is 19.9 Å². The standard InChI is InChI=1S/C17H25N3O2/c1-5-9-20-10-8-13-11-14(6-7-15(13)20)18-16(21)19(4)12-17(2,3)22/h6-8,10-11,22H,5,9,12H2,1-4H3,(H,18,21). The summed E-state index contributed by atoms with van der Waals surface area (Å²) in [6.45, 7) is 6.77. The van der Waals surface area contributed by atoms with Gasteiger partial charge in [-0.1, -0.05) is 6.92 Å². The smallest absolute Gasteiger partial charge is 0.321 e. The number of nitrogens with zero attached hydrogens (tertiary/aromatic N) is 2. The zero-order chi connectivity index (χ0) is 16.3. The molecule has 0 bridgehead atoms. The molecule has 1 aromatic heterocycles. The van der Waals surface area contributed by atoms with Gasteiger partial charge in [0.15, 0.2) is 0 Å². The number of rotatable bonds is 5. The van der Waals surface area contributed by atoms with Gasteiger partial charge in [-0.25, -0.2) is 4.79 Å². The first-order valence-corrected chi connectivity index (χ1v) is 7.63. The number of hydrogen-bond acceptors (Lipinski definition) is 2. The number of benzene rings is 1. The molecule has 2 rings (SSSR count). The number of fused-ring (bicyclic) bond motifs is 1. The van der Waals surface area contributed by atoms with E-state index in [4.69, 9.17) is 0 Å². The first-order valence-electron chi connectivity index (χ1n) is 7.63. The largest absolute Gasteiger partial charge is 0.389 e. The van der Waals surface area contributed by atoms with E-state index in [1.807, 2.05) is 18.2 Å². The minimum Gasteiger partial charge on any atom is -0.389 e. The quantitative estimate of drug-likeness (QED) is 0.890. The van der Waals surface area contributed by atoms with Crippen LogP contribution >= 0.6 is 0 Å². The third-order valence-electron chi connectivity index (χ3n) is 3.46. The van der Waals surface area contributed by atoms with E-state index in [1.54, 1.807) is 20.9 Å². The number of aliphatic hydroxyl groups is 1. The fourth-order valence-electron chi connectivity index (χ4n) is 2.58. The third-order valence-corrected chi connectivity index (χ3v) is 3.46. The number of anilines is 1. The van der Waals surface area contributed by atoms with E-state index in [1.165, 1.54) is 10.4 Å². The Hall–Kier alpha value is -2.01. The van der Waals surface area contributed by atoms with Gasteiger partial charge >= 0.3 is 6.03 Å². The molecular weight excluding hydrogens is 278 g/mol. The van der Waals surface area contributed by atoms with Crippen molar-refractivity contribution in [2.24, 2.45) is 0 Å². The van der Waals surface area contributed by atoms with Gasteiger partial charge in [0.2, 0.25) is 0 Å². The number of aryl methyl sites for hydroxylation is 1. The maximum atomic E-state index is 12.1. The van der Waals surface area contributed by atoms with Gasteiger partial charge in [-0.2, -0.15) is 0 Å². The zero-order valence-electron chi connectivity index (χ0n) is 13.8. The minimum atomic E-state index is -0.909. The van der Waals surface area contributed by atoms with Crippen LogP contribution in [0.5, 0.6) is 0 Å². The van der Waals surface area contributed by atoms with Crippen molar-refractivity contribution >= 4 is 22.6 Å². The van der Waals surface area contributed by atoms with Crippen LogP contribution in [0.25, 0.3) is 10.9 Å². The van der Waals surface area contributed by atoms with Crippen molar-refractivity contribution in [2.75, 3.05) is 18.9 Å². The number of carbonyl (C=O) groups is 1. The molecule has 5 heteroatoms. The molecule has 1 aromatic carbocycles. The van der Waals surface area contributed by atoms with Gasteiger partial charge in [0.05, 0.1) is 12.1 Å². The number of likely N-dealkylation sites (N-methyl/N-ethyl adjacent to an activating group) is 1. The Labute approximate surface area is 131 Å². The minimum absolute atomic E-state index is 0.227. The van der Waals surface area contributed by atoms with E-state index in [9.17, 15) is 9.90 Å². The number of amides is 2. The monoisotopic (exact) mass is 303 g/mol. The fourth-order valence-corrected chi connectivity index (χ4v) is 2.58. The van der Waals surface area contributed by atoms with Crippen LogP contribution in [0.3, 0.4) is 0 Å². The molecule has 22 heavy (non-hydrogen) atoms.